The van der Waals surface area contributed by atoms with Crippen molar-refractivity contribution in [1.29, 1.82) is 0 Å². The van der Waals surface area contributed by atoms with Gasteiger partial charge in [0, 0.05) is 0 Å². The zero-order valence-electron chi connectivity index (χ0n) is 14.1. The summed E-state index contributed by atoms with van der Waals surface area (Å²) < 4.78 is 5.87. The van der Waals surface area contributed by atoms with Gasteiger partial charge in [-0.15, -0.1) is 24.0 Å². The van der Waals surface area contributed by atoms with Crippen LogP contribution in [-0.4, -0.2) is 6.61 Å². The van der Waals surface area contributed by atoms with Gasteiger partial charge >= 0.3 is 0 Å². The molecule has 0 aromatic heterocycles. The van der Waals surface area contributed by atoms with Gasteiger partial charge in [0.25, 0.3) is 0 Å². The first-order valence-electron chi connectivity index (χ1n) is 8.29. The number of hydrogen-bond acceptors (Lipinski definition) is 1. The molecule has 2 aromatic rings. The second kappa shape index (κ2) is 11.3. The molecule has 2 heteroatoms. The predicted octanol–water partition coefficient (Wildman–Crippen LogP) is 6.96. The molecular formula is C21H27IO. The second-order valence-corrected chi connectivity index (χ2v) is 5.56. The van der Waals surface area contributed by atoms with E-state index in [-0.39, 0.29) is 24.0 Å². The van der Waals surface area contributed by atoms with E-state index in [4.69, 9.17) is 4.74 Å². The number of unbranched alkanes of at least 4 members (excludes halogenated alkanes) is 3. The van der Waals surface area contributed by atoms with Crippen molar-refractivity contribution in [3.8, 4) is 16.9 Å². The first-order chi connectivity index (χ1) is 10.8. The Labute approximate surface area is 157 Å². The van der Waals surface area contributed by atoms with Crippen molar-refractivity contribution in [2.45, 2.75) is 39.5 Å². The molecule has 0 amide bonds. The smallest absolute Gasteiger partial charge is 0.119 e. The van der Waals surface area contributed by atoms with E-state index in [9.17, 15) is 0 Å². The third-order valence-electron chi connectivity index (χ3n) is 3.70. The molecule has 0 radical (unpaired) electrons. The van der Waals surface area contributed by atoms with E-state index in [1.54, 1.807) is 0 Å². The lowest BCUT2D eigenvalue weighted by Gasteiger charge is -2.08. The second-order valence-electron chi connectivity index (χ2n) is 5.56. The molecule has 2 rings (SSSR count). The fraction of sp³-hybridized carbons (Fsp3) is 0.333. The molecule has 23 heavy (non-hydrogen) atoms. The van der Waals surface area contributed by atoms with Crippen LogP contribution in [0, 0.1) is 0 Å². The zero-order chi connectivity index (χ0) is 15.6. The maximum absolute atomic E-state index is 5.87. The van der Waals surface area contributed by atoms with E-state index in [0.717, 1.165) is 18.8 Å². The maximum Gasteiger partial charge on any atom is 0.119 e. The third kappa shape index (κ3) is 6.78. The molecule has 0 aliphatic rings. The minimum atomic E-state index is 0. The summed E-state index contributed by atoms with van der Waals surface area (Å²) in [4.78, 5) is 0. The van der Waals surface area contributed by atoms with Crippen molar-refractivity contribution in [3.05, 3.63) is 60.2 Å². The van der Waals surface area contributed by atoms with Gasteiger partial charge in [-0.1, -0.05) is 74.7 Å². The standard InChI is InChI=1S/C21H26O.HI/c1-3-5-6-7-16-22-21-11-8-10-20(17-21)19-14-12-18(9-4-2)13-15-19;/h4,8-15,17H,3,5-7,16H2,1-2H3;1H/b9-4-;. The molecule has 0 unspecified atom stereocenters. The fourth-order valence-electron chi connectivity index (χ4n) is 2.46. The van der Waals surface area contributed by atoms with Crippen LogP contribution in [0.4, 0.5) is 0 Å². The molecule has 0 aliphatic heterocycles. The quantitative estimate of drug-likeness (QED) is 0.330. The van der Waals surface area contributed by atoms with Gasteiger partial charge in [0.1, 0.15) is 5.75 Å². The summed E-state index contributed by atoms with van der Waals surface area (Å²) in [5.74, 6) is 0.964. The van der Waals surface area contributed by atoms with Gasteiger partial charge in [0.15, 0.2) is 0 Å². The van der Waals surface area contributed by atoms with E-state index >= 15 is 0 Å². The molecule has 1 nitrogen and oxygen atoms in total. The lowest BCUT2D eigenvalue weighted by atomic mass is 10.0. The van der Waals surface area contributed by atoms with Gasteiger partial charge in [-0.05, 0) is 42.2 Å². The summed E-state index contributed by atoms with van der Waals surface area (Å²) in [7, 11) is 0. The van der Waals surface area contributed by atoms with Crippen LogP contribution >= 0.6 is 24.0 Å². The average molecular weight is 422 g/mol. The van der Waals surface area contributed by atoms with E-state index in [1.807, 2.05) is 13.0 Å². The molecule has 2 aromatic carbocycles. The summed E-state index contributed by atoms with van der Waals surface area (Å²) >= 11 is 0. The lowest BCUT2D eigenvalue weighted by molar-refractivity contribution is 0.305. The van der Waals surface area contributed by atoms with Crippen LogP contribution in [0.15, 0.2) is 54.6 Å². The predicted molar refractivity (Wildman–Crippen MR) is 112 cm³/mol. The van der Waals surface area contributed by atoms with E-state index in [2.05, 4.69) is 61.5 Å². The molecule has 0 saturated heterocycles. The molecule has 0 saturated carbocycles. The monoisotopic (exact) mass is 422 g/mol. The highest BCUT2D eigenvalue weighted by atomic mass is 127. The van der Waals surface area contributed by atoms with Crippen LogP contribution < -0.4 is 4.74 Å². The van der Waals surface area contributed by atoms with Crippen LogP contribution in [0.3, 0.4) is 0 Å². The molecule has 124 valence electrons. The summed E-state index contributed by atoms with van der Waals surface area (Å²) in [5.41, 5.74) is 3.66. The Morgan fingerprint density at radius 1 is 0.913 bits per heavy atom. The highest BCUT2D eigenvalue weighted by Gasteiger charge is 2.00. The maximum atomic E-state index is 5.87. The Bertz CT molecular complexity index is 587. The van der Waals surface area contributed by atoms with E-state index in [0.29, 0.717) is 0 Å². The van der Waals surface area contributed by atoms with Crippen molar-refractivity contribution < 1.29 is 4.74 Å². The molecule has 0 fully saturated rings. The first-order valence-corrected chi connectivity index (χ1v) is 8.29. The Morgan fingerprint density at radius 3 is 2.39 bits per heavy atom. The summed E-state index contributed by atoms with van der Waals surface area (Å²) in [6.07, 6.45) is 9.11. The van der Waals surface area contributed by atoms with Crippen molar-refractivity contribution in [1.82, 2.24) is 0 Å². The van der Waals surface area contributed by atoms with Gasteiger partial charge in [-0.3, -0.25) is 0 Å². The van der Waals surface area contributed by atoms with Crippen LogP contribution in [0.1, 0.15) is 45.1 Å². The Kier molecular flexibility index (Phi) is 9.69. The molecule has 0 aliphatic carbocycles. The third-order valence-corrected chi connectivity index (χ3v) is 3.70. The molecular weight excluding hydrogens is 395 g/mol. The SMILES string of the molecule is C/C=C\c1ccc(-c2cccc(OCCCCCC)c2)cc1.I. The zero-order valence-corrected chi connectivity index (χ0v) is 16.5. The summed E-state index contributed by atoms with van der Waals surface area (Å²) in [6.45, 7) is 5.07. The van der Waals surface area contributed by atoms with Crippen molar-refractivity contribution in [2.75, 3.05) is 6.61 Å². The summed E-state index contributed by atoms with van der Waals surface area (Å²) in [6, 6.07) is 17.0. The van der Waals surface area contributed by atoms with Crippen molar-refractivity contribution >= 4 is 30.1 Å². The lowest BCUT2D eigenvalue weighted by Crippen LogP contribution is -1.97. The average Bonchev–Trinajstić information content (AvgIpc) is 2.56. The molecule has 0 bridgehead atoms. The van der Waals surface area contributed by atoms with Crippen LogP contribution in [0.25, 0.3) is 17.2 Å². The van der Waals surface area contributed by atoms with Gasteiger partial charge in [-0.2, -0.15) is 0 Å². The minimum Gasteiger partial charge on any atom is -0.494 e. The topological polar surface area (TPSA) is 9.23 Å². The normalized spacial score (nSPS) is 10.5. The van der Waals surface area contributed by atoms with Crippen molar-refractivity contribution in [2.24, 2.45) is 0 Å². The van der Waals surface area contributed by atoms with Crippen molar-refractivity contribution in [3.63, 3.8) is 0 Å². The Morgan fingerprint density at radius 2 is 1.70 bits per heavy atom. The van der Waals surface area contributed by atoms with Gasteiger partial charge in [0.05, 0.1) is 6.61 Å². The van der Waals surface area contributed by atoms with E-state index in [1.165, 1.54) is 36.0 Å². The van der Waals surface area contributed by atoms with Crippen LogP contribution in [-0.2, 0) is 0 Å². The van der Waals surface area contributed by atoms with Gasteiger partial charge < -0.3 is 4.74 Å². The highest BCUT2D eigenvalue weighted by molar-refractivity contribution is 14.0. The molecule has 0 N–H and O–H groups in total. The number of rotatable bonds is 8. The highest BCUT2D eigenvalue weighted by Crippen LogP contribution is 2.24. The minimum absolute atomic E-state index is 0. The molecule has 0 atom stereocenters. The summed E-state index contributed by atoms with van der Waals surface area (Å²) in [5, 5.41) is 0. The van der Waals surface area contributed by atoms with Gasteiger partial charge in [0.2, 0.25) is 0 Å². The number of ether oxygens (including phenoxy) is 1. The Hall–Kier alpha value is -1.29. The number of benzene rings is 2. The fourth-order valence-corrected chi connectivity index (χ4v) is 2.46. The molecule has 0 heterocycles. The van der Waals surface area contributed by atoms with Crippen LogP contribution in [0.2, 0.25) is 0 Å². The largest absolute Gasteiger partial charge is 0.494 e. The molecule has 0 spiro atoms. The first kappa shape index (κ1) is 19.8. The van der Waals surface area contributed by atoms with Gasteiger partial charge in [-0.25, -0.2) is 0 Å². The van der Waals surface area contributed by atoms with E-state index < -0.39 is 0 Å². The Balaban J connectivity index is 0.00000264. The number of hydrogen-bond donors (Lipinski definition) is 0. The number of allylic oxidation sites excluding steroid dienone is 1. The van der Waals surface area contributed by atoms with Crippen LogP contribution in [0.5, 0.6) is 5.75 Å². The number of halogens is 1.